The molecule has 0 N–H and O–H groups in total. The fourth-order valence-electron chi connectivity index (χ4n) is 3.52. The molecule has 0 saturated carbocycles. The summed E-state index contributed by atoms with van der Waals surface area (Å²) >= 11 is 12.8. The summed E-state index contributed by atoms with van der Waals surface area (Å²) in [5, 5.41) is 2.05. The molecule has 21 heavy (non-hydrogen) atoms. The second kappa shape index (κ2) is 7.22. The van der Waals surface area contributed by atoms with Crippen molar-refractivity contribution in [3.63, 3.8) is 0 Å². The van der Waals surface area contributed by atoms with Gasteiger partial charge in [0.15, 0.2) is 0 Å². The summed E-state index contributed by atoms with van der Waals surface area (Å²) in [4.78, 5) is 0. The fourth-order valence-corrected chi connectivity index (χ4v) is 4.07. The third kappa shape index (κ3) is 3.30. The van der Waals surface area contributed by atoms with Crippen LogP contribution in [0.1, 0.15) is 54.4 Å². The van der Waals surface area contributed by atoms with Gasteiger partial charge in [0, 0.05) is 43.6 Å². The van der Waals surface area contributed by atoms with E-state index in [2.05, 4.69) is 41.5 Å². The minimum Gasteiger partial charge on any atom is -0.0882 e. The maximum Gasteiger partial charge on any atom is 0.0281 e. The first-order valence-electron chi connectivity index (χ1n) is 7.39. The summed E-state index contributed by atoms with van der Waals surface area (Å²) in [6.45, 7) is 13.1. The van der Waals surface area contributed by atoms with E-state index in [-0.39, 0.29) is 21.7 Å². The van der Waals surface area contributed by atoms with Crippen molar-refractivity contribution in [3.05, 3.63) is 43.5 Å². The maximum absolute atomic E-state index is 6.40. The molecule has 3 heteroatoms. The van der Waals surface area contributed by atoms with E-state index in [9.17, 15) is 0 Å². The normalized spacial score (nSPS) is 26.3. The molecule has 0 saturated heterocycles. The summed E-state index contributed by atoms with van der Waals surface area (Å²) in [7, 11) is 0. The number of halogens is 2. The Balaban J connectivity index is 0.00000220. The molecule has 0 radical (unpaired) electrons. The minimum absolute atomic E-state index is 0. The van der Waals surface area contributed by atoms with Gasteiger partial charge in [-0.25, -0.2) is 0 Å². The third-order valence-electron chi connectivity index (χ3n) is 5.27. The Morgan fingerprint density at radius 3 is 1.14 bits per heavy atom. The third-order valence-corrected chi connectivity index (χ3v) is 6.50. The van der Waals surface area contributed by atoms with Crippen LogP contribution in [0.2, 0.25) is 0 Å². The standard InChI is InChI=1S/C18H24Cl2.Ti/c1-9-11(3)17(19)13(5)15(9)7-8-16-10(2)12(4)18(20)14(16)6;/h13-14H,7-8H2,1-6H3;. The second-order valence-corrected chi connectivity index (χ2v) is 7.00. The van der Waals surface area contributed by atoms with Crippen molar-refractivity contribution in [1.29, 1.82) is 0 Å². The van der Waals surface area contributed by atoms with Crippen molar-refractivity contribution in [3.8, 4) is 0 Å². The molecule has 0 spiro atoms. The molecule has 0 aromatic rings. The molecule has 2 aliphatic carbocycles. The minimum atomic E-state index is 0. The van der Waals surface area contributed by atoms with E-state index in [0.717, 1.165) is 22.9 Å². The van der Waals surface area contributed by atoms with Gasteiger partial charge in [0.05, 0.1) is 0 Å². The van der Waals surface area contributed by atoms with Gasteiger partial charge in [-0.15, -0.1) is 0 Å². The van der Waals surface area contributed by atoms with Crippen LogP contribution in [-0.2, 0) is 21.7 Å². The number of hydrogen-bond donors (Lipinski definition) is 0. The summed E-state index contributed by atoms with van der Waals surface area (Å²) < 4.78 is 0. The number of hydrogen-bond acceptors (Lipinski definition) is 0. The average molecular weight is 359 g/mol. The summed E-state index contributed by atoms with van der Waals surface area (Å²) in [5.74, 6) is 0.776. The number of rotatable bonds is 3. The largest absolute Gasteiger partial charge is 0.0882 e. The van der Waals surface area contributed by atoms with Crippen molar-refractivity contribution in [1.82, 2.24) is 0 Å². The molecule has 0 fully saturated rings. The molecule has 114 valence electrons. The van der Waals surface area contributed by atoms with Gasteiger partial charge in [-0.3, -0.25) is 0 Å². The molecular formula is C18H24Cl2Ti. The fraction of sp³-hybridized carbons (Fsp3) is 0.556. The van der Waals surface area contributed by atoms with Gasteiger partial charge in [-0.2, -0.15) is 0 Å². The van der Waals surface area contributed by atoms with E-state index in [4.69, 9.17) is 23.2 Å². The van der Waals surface area contributed by atoms with Gasteiger partial charge in [0.25, 0.3) is 0 Å². The molecule has 0 amide bonds. The first kappa shape index (κ1) is 19.3. The summed E-state index contributed by atoms with van der Waals surface area (Å²) in [5.41, 5.74) is 8.32. The zero-order chi connectivity index (χ0) is 15.2. The van der Waals surface area contributed by atoms with Crippen LogP contribution in [0.3, 0.4) is 0 Å². The number of allylic oxidation sites excluding steroid dienone is 8. The van der Waals surface area contributed by atoms with Crippen LogP contribution < -0.4 is 0 Å². The Bertz CT molecular complexity index is 524. The topological polar surface area (TPSA) is 0 Å². The van der Waals surface area contributed by atoms with E-state index < -0.39 is 0 Å². The van der Waals surface area contributed by atoms with Gasteiger partial charge < -0.3 is 0 Å². The molecule has 2 unspecified atom stereocenters. The zero-order valence-corrected chi connectivity index (χ0v) is 16.9. The second-order valence-electron chi connectivity index (χ2n) is 6.19. The van der Waals surface area contributed by atoms with E-state index in [1.165, 1.54) is 33.4 Å². The van der Waals surface area contributed by atoms with E-state index in [1.54, 1.807) is 0 Å². The van der Waals surface area contributed by atoms with Crippen LogP contribution in [0.15, 0.2) is 43.5 Å². The quantitative estimate of drug-likeness (QED) is 0.491. The molecule has 2 atom stereocenters. The van der Waals surface area contributed by atoms with Crippen LogP contribution in [0, 0.1) is 11.8 Å². The molecule has 2 aliphatic rings. The Kier molecular flexibility index (Phi) is 6.63. The van der Waals surface area contributed by atoms with Crippen molar-refractivity contribution in [2.75, 3.05) is 0 Å². The van der Waals surface area contributed by atoms with E-state index in [1.807, 2.05) is 0 Å². The molecule has 0 aliphatic heterocycles. The van der Waals surface area contributed by atoms with E-state index in [0.29, 0.717) is 11.8 Å². The van der Waals surface area contributed by atoms with Gasteiger partial charge in [-0.1, -0.05) is 48.2 Å². The molecule has 0 aromatic carbocycles. The molecule has 0 nitrogen and oxygen atoms in total. The Morgan fingerprint density at radius 2 is 0.952 bits per heavy atom. The monoisotopic (exact) mass is 358 g/mol. The molecular weight excluding hydrogens is 335 g/mol. The molecule has 0 heterocycles. The average Bonchev–Trinajstić information content (AvgIpc) is 2.72. The van der Waals surface area contributed by atoms with Crippen molar-refractivity contribution in [2.24, 2.45) is 11.8 Å². The Hall–Kier alpha value is 0.254. The van der Waals surface area contributed by atoms with Crippen LogP contribution in [0.4, 0.5) is 0 Å². The van der Waals surface area contributed by atoms with Gasteiger partial charge >= 0.3 is 0 Å². The SMILES string of the molecule is CC1=C(Cl)C(C)C(CCC2=C(C)C(C)=C(Cl)C2C)=C1C.[Ti]. The van der Waals surface area contributed by atoms with Crippen LogP contribution in [0.5, 0.6) is 0 Å². The summed E-state index contributed by atoms with van der Waals surface area (Å²) in [6, 6.07) is 0. The van der Waals surface area contributed by atoms with Gasteiger partial charge in [0.2, 0.25) is 0 Å². The van der Waals surface area contributed by atoms with Gasteiger partial charge in [0.1, 0.15) is 0 Å². The van der Waals surface area contributed by atoms with Crippen molar-refractivity contribution >= 4 is 23.2 Å². The van der Waals surface area contributed by atoms with Gasteiger partial charge in [-0.05, 0) is 62.8 Å². The van der Waals surface area contributed by atoms with Crippen molar-refractivity contribution < 1.29 is 21.7 Å². The zero-order valence-electron chi connectivity index (χ0n) is 13.8. The molecule has 0 aromatic heterocycles. The van der Waals surface area contributed by atoms with Crippen molar-refractivity contribution in [2.45, 2.75) is 54.4 Å². The smallest absolute Gasteiger partial charge is 0.0281 e. The molecule has 0 bridgehead atoms. The predicted octanol–water partition coefficient (Wildman–Crippen LogP) is 6.72. The first-order chi connectivity index (χ1) is 9.27. The summed E-state index contributed by atoms with van der Waals surface area (Å²) in [6.07, 6.45) is 2.18. The Labute approximate surface area is 154 Å². The predicted molar refractivity (Wildman–Crippen MR) is 90.1 cm³/mol. The van der Waals surface area contributed by atoms with E-state index >= 15 is 0 Å². The maximum atomic E-state index is 6.40. The van der Waals surface area contributed by atoms with Crippen LogP contribution in [-0.4, -0.2) is 0 Å². The van der Waals surface area contributed by atoms with Crippen LogP contribution in [0.25, 0.3) is 0 Å². The Morgan fingerprint density at radius 1 is 0.667 bits per heavy atom. The molecule has 2 rings (SSSR count). The first-order valence-corrected chi connectivity index (χ1v) is 8.15. The van der Waals surface area contributed by atoms with Crippen LogP contribution >= 0.6 is 23.2 Å².